The summed E-state index contributed by atoms with van der Waals surface area (Å²) in [6.07, 6.45) is 1.13. The van der Waals surface area contributed by atoms with Crippen molar-refractivity contribution in [3.63, 3.8) is 0 Å². The Kier molecular flexibility index (Phi) is 2.69. The van der Waals surface area contributed by atoms with Crippen molar-refractivity contribution >= 4 is 16.7 Å². The zero-order chi connectivity index (χ0) is 10.1. The molecule has 2 rings (SSSR count). The first-order chi connectivity index (χ1) is 6.72. The van der Waals surface area contributed by atoms with Crippen molar-refractivity contribution in [1.82, 2.24) is 9.36 Å². The van der Waals surface area contributed by atoms with Crippen LogP contribution in [0.5, 0.6) is 0 Å². The first-order valence-corrected chi connectivity index (χ1v) is 5.67. The van der Waals surface area contributed by atoms with E-state index in [2.05, 4.69) is 21.2 Å². The summed E-state index contributed by atoms with van der Waals surface area (Å²) in [5, 5.41) is 10.2. The molecule has 5 heteroatoms. The molecule has 1 aliphatic heterocycles. The van der Waals surface area contributed by atoms with Crippen LogP contribution in [0.4, 0.5) is 5.13 Å². The molecule has 0 saturated carbocycles. The van der Waals surface area contributed by atoms with Crippen LogP contribution in [0.3, 0.4) is 0 Å². The summed E-state index contributed by atoms with van der Waals surface area (Å²) in [6.45, 7) is 5.27. The lowest BCUT2D eigenvalue weighted by atomic mass is 10.0. The Bertz CT molecular complexity index is 315. The van der Waals surface area contributed by atoms with E-state index < -0.39 is 0 Å². The molecule has 0 aliphatic carbocycles. The molecule has 0 amide bonds. The van der Waals surface area contributed by atoms with Gasteiger partial charge < -0.3 is 10.0 Å². The van der Waals surface area contributed by atoms with Gasteiger partial charge in [-0.2, -0.15) is 4.37 Å². The molecule has 2 unspecified atom stereocenters. The largest absolute Gasteiger partial charge is 0.394 e. The lowest BCUT2D eigenvalue weighted by Crippen LogP contribution is -2.35. The molecule has 1 fully saturated rings. The van der Waals surface area contributed by atoms with Crippen LogP contribution in [0.25, 0.3) is 0 Å². The molecule has 1 aliphatic rings. The number of aromatic nitrogens is 2. The Morgan fingerprint density at radius 1 is 1.64 bits per heavy atom. The highest BCUT2D eigenvalue weighted by Crippen LogP contribution is 2.30. The van der Waals surface area contributed by atoms with Crippen molar-refractivity contribution in [3.05, 3.63) is 5.82 Å². The highest BCUT2D eigenvalue weighted by Gasteiger charge is 2.32. The van der Waals surface area contributed by atoms with Crippen LogP contribution in [-0.2, 0) is 0 Å². The molecule has 78 valence electrons. The van der Waals surface area contributed by atoms with Crippen LogP contribution in [0.15, 0.2) is 0 Å². The van der Waals surface area contributed by atoms with Gasteiger partial charge in [0.25, 0.3) is 0 Å². The van der Waals surface area contributed by atoms with E-state index in [4.69, 9.17) is 0 Å². The molecule has 2 atom stereocenters. The predicted octanol–water partition coefficient (Wildman–Crippen LogP) is 1.05. The van der Waals surface area contributed by atoms with Gasteiger partial charge in [0.2, 0.25) is 5.13 Å². The summed E-state index contributed by atoms with van der Waals surface area (Å²) in [4.78, 5) is 6.52. The number of anilines is 1. The smallest absolute Gasteiger partial charge is 0.205 e. The van der Waals surface area contributed by atoms with Crippen LogP contribution >= 0.6 is 11.5 Å². The summed E-state index contributed by atoms with van der Waals surface area (Å²) in [6, 6.07) is 0.224. The average Bonchev–Trinajstić information content (AvgIpc) is 2.71. The lowest BCUT2D eigenvalue weighted by molar-refractivity contribution is 0.244. The SMILES string of the molecule is Cc1nsc(N2CCC(C)C2CO)n1. The van der Waals surface area contributed by atoms with Gasteiger partial charge in [-0.1, -0.05) is 6.92 Å². The number of rotatable bonds is 2. The third-order valence-corrected chi connectivity index (χ3v) is 3.68. The highest BCUT2D eigenvalue weighted by molar-refractivity contribution is 7.09. The van der Waals surface area contributed by atoms with Gasteiger partial charge in [-0.15, -0.1) is 0 Å². The van der Waals surface area contributed by atoms with Crippen molar-refractivity contribution in [2.45, 2.75) is 26.3 Å². The van der Waals surface area contributed by atoms with E-state index >= 15 is 0 Å². The van der Waals surface area contributed by atoms with Crippen LogP contribution in [0.1, 0.15) is 19.2 Å². The maximum Gasteiger partial charge on any atom is 0.205 e. The van der Waals surface area contributed by atoms with E-state index in [-0.39, 0.29) is 12.6 Å². The van der Waals surface area contributed by atoms with Gasteiger partial charge in [-0.25, -0.2) is 4.98 Å². The Labute approximate surface area is 87.8 Å². The fourth-order valence-corrected chi connectivity index (χ4v) is 2.69. The summed E-state index contributed by atoms with van der Waals surface area (Å²) < 4.78 is 4.16. The normalized spacial score (nSPS) is 27.2. The van der Waals surface area contributed by atoms with Gasteiger partial charge in [-0.05, 0) is 19.3 Å². The van der Waals surface area contributed by atoms with E-state index in [1.165, 1.54) is 11.5 Å². The third-order valence-electron chi connectivity index (χ3n) is 2.83. The van der Waals surface area contributed by atoms with E-state index in [9.17, 15) is 5.11 Å². The average molecular weight is 213 g/mol. The zero-order valence-electron chi connectivity index (χ0n) is 8.47. The second kappa shape index (κ2) is 3.82. The molecule has 1 aromatic rings. The molecule has 4 nitrogen and oxygen atoms in total. The van der Waals surface area contributed by atoms with Crippen LogP contribution in [0, 0.1) is 12.8 Å². The monoisotopic (exact) mass is 213 g/mol. The highest BCUT2D eigenvalue weighted by atomic mass is 32.1. The van der Waals surface area contributed by atoms with Gasteiger partial charge in [0, 0.05) is 18.1 Å². The maximum atomic E-state index is 9.29. The summed E-state index contributed by atoms with van der Waals surface area (Å²) in [5.41, 5.74) is 0. The maximum absolute atomic E-state index is 9.29. The van der Waals surface area contributed by atoms with Gasteiger partial charge in [0.05, 0.1) is 12.6 Å². The van der Waals surface area contributed by atoms with Gasteiger partial charge in [0.15, 0.2) is 0 Å². The molecule has 14 heavy (non-hydrogen) atoms. The molecule has 1 N–H and O–H groups in total. The number of hydrogen-bond acceptors (Lipinski definition) is 5. The van der Waals surface area contributed by atoms with E-state index in [0.717, 1.165) is 23.9 Å². The van der Waals surface area contributed by atoms with Crippen molar-refractivity contribution in [1.29, 1.82) is 0 Å². The van der Waals surface area contributed by atoms with E-state index in [1.54, 1.807) is 0 Å². The Morgan fingerprint density at radius 3 is 3.00 bits per heavy atom. The van der Waals surface area contributed by atoms with Gasteiger partial charge in [0.1, 0.15) is 5.82 Å². The minimum Gasteiger partial charge on any atom is -0.394 e. The molecule has 1 aromatic heterocycles. The molecule has 0 radical (unpaired) electrons. The summed E-state index contributed by atoms with van der Waals surface area (Å²) in [5.74, 6) is 1.37. The number of hydrogen-bond donors (Lipinski definition) is 1. The van der Waals surface area contributed by atoms with Crippen molar-refractivity contribution < 1.29 is 5.11 Å². The van der Waals surface area contributed by atoms with Crippen molar-refractivity contribution in [2.24, 2.45) is 5.92 Å². The Hall–Kier alpha value is -0.680. The molecular formula is C9H15N3OS. The molecular weight excluding hydrogens is 198 g/mol. The van der Waals surface area contributed by atoms with Crippen LogP contribution in [0.2, 0.25) is 0 Å². The first kappa shape index (κ1) is 9.86. The van der Waals surface area contributed by atoms with Gasteiger partial charge in [-0.3, -0.25) is 0 Å². The molecule has 0 spiro atoms. The van der Waals surface area contributed by atoms with E-state index in [1.807, 2.05) is 6.92 Å². The number of aliphatic hydroxyl groups excluding tert-OH is 1. The second-order valence-electron chi connectivity index (χ2n) is 3.83. The molecule has 1 saturated heterocycles. The standard InChI is InChI=1S/C9H15N3OS/c1-6-3-4-12(8(6)5-13)9-10-7(2)11-14-9/h6,8,13H,3-5H2,1-2H3. The quantitative estimate of drug-likeness (QED) is 0.798. The number of aliphatic hydroxyl groups is 1. The molecule has 0 bridgehead atoms. The first-order valence-electron chi connectivity index (χ1n) is 4.90. The minimum absolute atomic E-state index is 0.208. The van der Waals surface area contributed by atoms with Crippen molar-refractivity contribution in [2.75, 3.05) is 18.1 Å². The molecule has 0 aromatic carbocycles. The predicted molar refractivity (Wildman–Crippen MR) is 56.6 cm³/mol. The van der Waals surface area contributed by atoms with Crippen molar-refractivity contribution in [3.8, 4) is 0 Å². The minimum atomic E-state index is 0.208. The molecule has 2 heterocycles. The number of aryl methyl sites for hydroxylation is 1. The third kappa shape index (κ3) is 1.62. The summed E-state index contributed by atoms with van der Waals surface area (Å²) >= 11 is 1.42. The van der Waals surface area contributed by atoms with E-state index in [0.29, 0.717) is 5.92 Å². The van der Waals surface area contributed by atoms with Crippen LogP contribution in [-0.4, -0.2) is 33.7 Å². The summed E-state index contributed by atoms with van der Waals surface area (Å²) in [7, 11) is 0. The zero-order valence-corrected chi connectivity index (χ0v) is 9.29. The topological polar surface area (TPSA) is 49.2 Å². The Balaban J connectivity index is 2.18. The van der Waals surface area contributed by atoms with Crippen LogP contribution < -0.4 is 4.90 Å². The second-order valence-corrected chi connectivity index (χ2v) is 4.56. The van der Waals surface area contributed by atoms with Gasteiger partial charge >= 0.3 is 0 Å². The Morgan fingerprint density at radius 2 is 2.43 bits per heavy atom. The fourth-order valence-electron chi connectivity index (χ4n) is 1.93. The fraction of sp³-hybridized carbons (Fsp3) is 0.778. The lowest BCUT2D eigenvalue weighted by Gasteiger charge is -2.23. The number of nitrogens with zero attached hydrogens (tertiary/aromatic N) is 3.